The Morgan fingerprint density at radius 2 is 2.05 bits per heavy atom. The zero-order valence-corrected chi connectivity index (χ0v) is 13.0. The summed E-state index contributed by atoms with van der Waals surface area (Å²) in [6.45, 7) is 5.71. The standard InChI is InChI=1S/C15H17N3O2S/c1-9-4-5-12(10(2)6-9)17-14(20)8-21-15-16-11(3)7-13(19)18-15/h4-7H,8H2,1-3H3,(H,17,20)(H,16,18,19). The lowest BCUT2D eigenvalue weighted by Gasteiger charge is -2.08. The molecule has 0 aliphatic heterocycles. The lowest BCUT2D eigenvalue weighted by Crippen LogP contribution is -2.16. The Hall–Kier alpha value is -2.08. The minimum atomic E-state index is -0.209. The second-order valence-corrected chi connectivity index (χ2v) is 5.81. The highest BCUT2D eigenvalue weighted by Crippen LogP contribution is 2.17. The molecule has 2 rings (SSSR count). The zero-order valence-electron chi connectivity index (χ0n) is 12.2. The van der Waals surface area contributed by atoms with Crippen LogP contribution >= 0.6 is 11.8 Å². The van der Waals surface area contributed by atoms with Gasteiger partial charge in [-0.2, -0.15) is 0 Å². The molecule has 0 spiro atoms. The van der Waals surface area contributed by atoms with Crippen molar-refractivity contribution in [3.05, 3.63) is 51.4 Å². The van der Waals surface area contributed by atoms with E-state index in [1.807, 2.05) is 32.0 Å². The van der Waals surface area contributed by atoms with Crippen LogP contribution in [0.4, 0.5) is 5.69 Å². The topological polar surface area (TPSA) is 74.8 Å². The van der Waals surface area contributed by atoms with Crippen LogP contribution in [0.25, 0.3) is 0 Å². The lowest BCUT2D eigenvalue weighted by molar-refractivity contribution is -0.113. The molecule has 21 heavy (non-hydrogen) atoms. The Balaban J connectivity index is 1.97. The van der Waals surface area contributed by atoms with Gasteiger partial charge in [0.1, 0.15) is 0 Å². The van der Waals surface area contributed by atoms with Gasteiger partial charge in [-0.25, -0.2) is 4.98 Å². The van der Waals surface area contributed by atoms with Crippen LogP contribution in [0.5, 0.6) is 0 Å². The summed E-state index contributed by atoms with van der Waals surface area (Å²) >= 11 is 1.21. The molecule has 0 bridgehead atoms. The summed E-state index contributed by atoms with van der Waals surface area (Å²) in [7, 11) is 0. The van der Waals surface area contributed by atoms with E-state index in [-0.39, 0.29) is 17.2 Å². The molecule has 0 aliphatic carbocycles. The Bertz CT molecular complexity index is 725. The van der Waals surface area contributed by atoms with Crippen molar-refractivity contribution in [2.45, 2.75) is 25.9 Å². The molecule has 1 amide bonds. The lowest BCUT2D eigenvalue weighted by atomic mass is 10.1. The molecule has 0 unspecified atom stereocenters. The molecular formula is C15H17N3O2S. The third-order valence-corrected chi connectivity index (χ3v) is 3.72. The van der Waals surface area contributed by atoms with Crippen molar-refractivity contribution in [2.75, 3.05) is 11.1 Å². The van der Waals surface area contributed by atoms with Gasteiger partial charge in [0, 0.05) is 17.4 Å². The van der Waals surface area contributed by atoms with Gasteiger partial charge in [0.05, 0.1) is 5.75 Å². The number of aromatic amines is 1. The smallest absolute Gasteiger partial charge is 0.251 e. The van der Waals surface area contributed by atoms with E-state index < -0.39 is 0 Å². The number of rotatable bonds is 4. The number of hydrogen-bond donors (Lipinski definition) is 2. The molecule has 2 N–H and O–H groups in total. The first kappa shape index (κ1) is 15.3. The minimum absolute atomic E-state index is 0.129. The summed E-state index contributed by atoms with van der Waals surface area (Å²) in [4.78, 5) is 30.0. The van der Waals surface area contributed by atoms with Crippen LogP contribution in [0, 0.1) is 20.8 Å². The van der Waals surface area contributed by atoms with Gasteiger partial charge in [0.25, 0.3) is 5.56 Å². The van der Waals surface area contributed by atoms with Gasteiger partial charge in [-0.05, 0) is 32.4 Å². The van der Waals surface area contributed by atoms with Gasteiger partial charge in [0.15, 0.2) is 5.16 Å². The predicted molar refractivity (Wildman–Crippen MR) is 84.9 cm³/mol. The number of anilines is 1. The van der Waals surface area contributed by atoms with Crippen molar-refractivity contribution in [3.8, 4) is 0 Å². The number of H-pyrrole nitrogens is 1. The summed E-state index contributed by atoms with van der Waals surface area (Å²) in [5.74, 6) is 0.0656. The number of nitrogens with zero attached hydrogens (tertiary/aromatic N) is 1. The third-order valence-electron chi connectivity index (χ3n) is 2.84. The fraction of sp³-hybridized carbons (Fsp3) is 0.267. The molecule has 110 valence electrons. The summed E-state index contributed by atoms with van der Waals surface area (Å²) in [6, 6.07) is 7.28. The Morgan fingerprint density at radius 1 is 1.29 bits per heavy atom. The molecule has 0 aliphatic rings. The number of amides is 1. The Morgan fingerprint density at radius 3 is 2.71 bits per heavy atom. The molecule has 5 nitrogen and oxygen atoms in total. The van der Waals surface area contributed by atoms with Crippen molar-refractivity contribution >= 4 is 23.4 Å². The monoisotopic (exact) mass is 303 g/mol. The largest absolute Gasteiger partial charge is 0.325 e. The first-order valence-corrected chi connectivity index (χ1v) is 7.50. The molecule has 2 aromatic rings. The van der Waals surface area contributed by atoms with Crippen LogP contribution in [0.15, 0.2) is 34.2 Å². The number of thioether (sulfide) groups is 1. The summed E-state index contributed by atoms with van der Waals surface area (Å²) in [6.07, 6.45) is 0. The van der Waals surface area contributed by atoms with Gasteiger partial charge in [-0.15, -0.1) is 0 Å². The first-order valence-electron chi connectivity index (χ1n) is 6.52. The van der Waals surface area contributed by atoms with Crippen LogP contribution in [-0.2, 0) is 4.79 Å². The Labute approximate surface area is 127 Å². The van der Waals surface area contributed by atoms with E-state index in [4.69, 9.17) is 0 Å². The van der Waals surface area contributed by atoms with Crippen LogP contribution < -0.4 is 10.9 Å². The van der Waals surface area contributed by atoms with Gasteiger partial charge < -0.3 is 10.3 Å². The highest BCUT2D eigenvalue weighted by Gasteiger charge is 2.07. The van der Waals surface area contributed by atoms with Crippen LogP contribution in [0.3, 0.4) is 0 Å². The van der Waals surface area contributed by atoms with Crippen LogP contribution in [-0.4, -0.2) is 21.6 Å². The highest BCUT2D eigenvalue weighted by atomic mass is 32.2. The maximum absolute atomic E-state index is 11.9. The number of nitrogens with one attached hydrogen (secondary N) is 2. The van der Waals surface area contributed by atoms with Crippen molar-refractivity contribution in [1.82, 2.24) is 9.97 Å². The highest BCUT2D eigenvalue weighted by molar-refractivity contribution is 7.99. The van der Waals surface area contributed by atoms with Gasteiger partial charge in [-0.1, -0.05) is 29.5 Å². The maximum atomic E-state index is 11.9. The van der Waals surface area contributed by atoms with E-state index in [2.05, 4.69) is 15.3 Å². The fourth-order valence-electron chi connectivity index (χ4n) is 1.89. The number of hydrogen-bond acceptors (Lipinski definition) is 4. The van der Waals surface area contributed by atoms with E-state index in [0.717, 1.165) is 16.8 Å². The SMILES string of the molecule is Cc1ccc(NC(=O)CSc2nc(C)cc(=O)[nH]2)c(C)c1. The fourth-order valence-corrected chi connectivity index (χ4v) is 2.62. The van der Waals surface area contributed by atoms with Crippen LogP contribution in [0.2, 0.25) is 0 Å². The van der Waals surface area contributed by atoms with E-state index in [0.29, 0.717) is 10.9 Å². The normalized spacial score (nSPS) is 10.4. The molecule has 1 aromatic heterocycles. The molecule has 0 fully saturated rings. The van der Waals surface area contributed by atoms with Gasteiger partial charge in [0.2, 0.25) is 5.91 Å². The molecule has 0 atom stereocenters. The number of aromatic nitrogens is 2. The number of aryl methyl sites for hydroxylation is 3. The predicted octanol–water partition coefficient (Wildman–Crippen LogP) is 2.43. The van der Waals surface area contributed by atoms with Gasteiger partial charge >= 0.3 is 0 Å². The van der Waals surface area contributed by atoms with E-state index in [9.17, 15) is 9.59 Å². The molecule has 1 aromatic carbocycles. The molecule has 1 heterocycles. The number of carbonyl (C=O) groups excluding carboxylic acids is 1. The van der Waals surface area contributed by atoms with Crippen LogP contribution in [0.1, 0.15) is 16.8 Å². The summed E-state index contributed by atoms with van der Waals surface area (Å²) in [5.41, 5.74) is 3.41. The number of benzene rings is 1. The summed E-state index contributed by atoms with van der Waals surface area (Å²) < 4.78 is 0. The second-order valence-electron chi connectivity index (χ2n) is 4.85. The third kappa shape index (κ3) is 4.46. The van der Waals surface area contributed by atoms with E-state index in [1.165, 1.54) is 17.8 Å². The first-order chi connectivity index (χ1) is 9.94. The van der Waals surface area contributed by atoms with E-state index in [1.54, 1.807) is 6.92 Å². The van der Waals surface area contributed by atoms with Crippen molar-refractivity contribution in [1.29, 1.82) is 0 Å². The molecule has 0 saturated carbocycles. The Kier molecular flexibility index (Phi) is 4.80. The molecule has 0 radical (unpaired) electrons. The minimum Gasteiger partial charge on any atom is -0.325 e. The van der Waals surface area contributed by atoms with E-state index >= 15 is 0 Å². The molecular weight excluding hydrogens is 286 g/mol. The quantitative estimate of drug-likeness (QED) is 0.672. The van der Waals surface area contributed by atoms with Crippen molar-refractivity contribution in [2.24, 2.45) is 0 Å². The molecule has 0 saturated heterocycles. The number of carbonyl (C=O) groups is 1. The average Bonchev–Trinajstić information content (AvgIpc) is 2.39. The summed E-state index contributed by atoms with van der Waals surface area (Å²) in [5, 5.41) is 3.31. The van der Waals surface area contributed by atoms with Gasteiger partial charge in [-0.3, -0.25) is 9.59 Å². The second kappa shape index (κ2) is 6.58. The van der Waals surface area contributed by atoms with Crippen molar-refractivity contribution < 1.29 is 4.79 Å². The van der Waals surface area contributed by atoms with Crippen molar-refractivity contribution in [3.63, 3.8) is 0 Å². The maximum Gasteiger partial charge on any atom is 0.251 e. The molecule has 6 heteroatoms. The zero-order chi connectivity index (χ0) is 15.4. The average molecular weight is 303 g/mol.